The Bertz CT molecular complexity index is 1040. The third-order valence-electron chi connectivity index (χ3n) is 4.84. The van der Waals surface area contributed by atoms with E-state index in [0.717, 1.165) is 10.7 Å². The predicted octanol–water partition coefficient (Wildman–Crippen LogP) is 2.70. The van der Waals surface area contributed by atoms with Crippen molar-refractivity contribution in [3.63, 3.8) is 0 Å². The first-order chi connectivity index (χ1) is 16.0. The minimum absolute atomic E-state index is 0.206. The van der Waals surface area contributed by atoms with E-state index in [1.54, 1.807) is 39.1 Å². The highest BCUT2D eigenvalue weighted by atomic mass is 35.5. The maximum absolute atomic E-state index is 13.1. The maximum atomic E-state index is 13.1. The molecule has 3 rings (SSSR count). The van der Waals surface area contributed by atoms with Crippen LogP contribution in [0.2, 0.25) is 5.02 Å². The van der Waals surface area contributed by atoms with Gasteiger partial charge < -0.3 is 4.90 Å². The number of nitrogens with one attached hydrogen (secondary N) is 2. The number of rotatable bonds is 9. The van der Waals surface area contributed by atoms with Gasteiger partial charge in [0.05, 0.1) is 10.6 Å². The summed E-state index contributed by atoms with van der Waals surface area (Å²) in [6.45, 7) is 6.84. The minimum Gasteiger partial charge on any atom is -0.354 e. The molecular formula is C22H30ClN5O4S2. The van der Waals surface area contributed by atoms with Gasteiger partial charge in [-0.2, -0.15) is 17.4 Å². The van der Waals surface area contributed by atoms with E-state index in [1.807, 2.05) is 35.2 Å². The van der Waals surface area contributed by atoms with Crippen molar-refractivity contribution in [1.29, 1.82) is 0 Å². The van der Waals surface area contributed by atoms with Crippen LogP contribution in [0.3, 0.4) is 0 Å². The number of pyridine rings is 1. The van der Waals surface area contributed by atoms with Crippen molar-refractivity contribution in [3.8, 4) is 0 Å². The smallest absolute Gasteiger partial charge is 0.280 e. The van der Waals surface area contributed by atoms with Gasteiger partial charge in [-0.15, -0.1) is 11.8 Å². The van der Waals surface area contributed by atoms with Gasteiger partial charge in [-0.1, -0.05) is 29.8 Å². The highest BCUT2D eigenvalue weighted by molar-refractivity contribution is 7.99. The number of hydrogen-bond acceptors (Lipinski definition) is 7. The number of carbonyl (C=O) groups excluding carboxylic acids is 1. The molecule has 9 nitrogen and oxygen atoms in total. The van der Waals surface area contributed by atoms with Gasteiger partial charge in [0.1, 0.15) is 11.9 Å². The highest BCUT2D eigenvalue weighted by Crippen LogP contribution is 2.20. The summed E-state index contributed by atoms with van der Waals surface area (Å²) in [5.74, 6) is 0.397. The van der Waals surface area contributed by atoms with Crippen molar-refractivity contribution >= 4 is 45.3 Å². The summed E-state index contributed by atoms with van der Waals surface area (Å²) < 4.78 is 30.2. The summed E-state index contributed by atoms with van der Waals surface area (Å²) in [5, 5.41) is 0.544. The molecule has 2 N–H and O–H groups in total. The molecule has 12 heteroatoms. The normalized spacial score (nSPS) is 16.3. The van der Waals surface area contributed by atoms with Gasteiger partial charge in [-0.25, -0.2) is 10.5 Å². The number of benzene rings is 1. The number of thioether (sulfide) groups is 1. The number of hydrogen-bond donors (Lipinski definition) is 2. The molecule has 1 saturated heterocycles. The number of anilines is 1. The third-order valence-corrected chi connectivity index (χ3v) is 7.80. The van der Waals surface area contributed by atoms with Crippen molar-refractivity contribution in [1.82, 2.24) is 19.5 Å². The molecule has 0 saturated carbocycles. The zero-order valence-corrected chi connectivity index (χ0v) is 21.8. The van der Waals surface area contributed by atoms with E-state index >= 15 is 0 Å². The number of amides is 1. The largest absolute Gasteiger partial charge is 0.354 e. The number of hydroxylamine groups is 1. The van der Waals surface area contributed by atoms with Gasteiger partial charge in [0, 0.05) is 43.0 Å². The number of halogens is 1. The molecule has 186 valence electrons. The number of nitrogens with zero attached hydrogens (tertiary/aromatic N) is 3. The molecule has 34 heavy (non-hydrogen) atoms. The van der Waals surface area contributed by atoms with Crippen molar-refractivity contribution in [2.75, 3.05) is 36.8 Å². The van der Waals surface area contributed by atoms with Crippen LogP contribution < -0.4 is 15.1 Å². The molecule has 0 aliphatic carbocycles. The third kappa shape index (κ3) is 8.10. The fourth-order valence-electron chi connectivity index (χ4n) is 3.10. The Kier molecular flexibility index (Phi) is 9.19. The topological polar surface area (TPSA) is 104 Å². The first-order valence-electron chi connectivity index (χ1n) is 10.8. The van der Waals surface area contributed by atoms with Gasteiger partial charge in [0.2, 0.25) is 0 Å². The van der Waals surface area contributed by atoms with Crippen LogP contribution in [0.1, 0.15) is 20.8 Å². The molecule has 0 spiro atoms. The van der Waals surface area contributed by atoms with Crippen LogP contribution in [0.25, 0.3) is 0 Å². The zero-order valence-electron chi connectivity index (χ0n) is 19.4. The van der Waals surface area contributed by atoms with E-state index in [4.69, 9.17) is 16.4 Å². The lowest BCUT2D eigenvalue weighted by Crippen LogP contribution is -2.57. The fraction of sp³-hybridized carbons (Fsp3) is 0.455. The van der Waals surface area contributed by atoms with Crippen molar-refractivity contribution < 1.29 is 18.0 Å². The SMILES string of the molecule is CC(C)(C)ONC(=O)[C@H](CSc1ccccc1)NS(=O)(=O)N1CCN(c2ccc(Cl)cn2)CC1. The number of aromatic nitrogens is 1. The van der Waals surface area contributed by atoms with Crippen molar-refractivity contribution in [2.45, 2.75) is 37.3 Å². The molecule has 1 fully saturated rings. The second kappa shape index (κ2) is 11.7. The molecule has 0 bridgehead atoms. The van der Waals surface area contributed by atoms with E-state index < -0.39 is 27.8 Å². The first kappa shape index (κ1) is 26.7. The summed E-state index contributed by atoms with van der Waals surface area (Å²) in [7, 11) is -3.91. The Morgan fingerprint density at radius 3 is 2.41 bits per heavy atom. The molecule has 1 aromatic carbocycles. The summed E-state index contributed by atoms with van der Waals surface area (Å²) >= 11 is 7.29. The van der Waals surface area contributed by atoms with Gasteiger partial charge in [-0.3, -0.25) is 9.63 Å². The van der Waals surface area contributed by atoms with Crippen LogP contribution in [0, 0.1) is 0 Å². The molecule has 1 amide bonds. The van der Waals surface area contributed by atoms with Gasteiger partial charge in [0.25, 0.3) is 16.1 Å². The Morgan fingerprint density at radius 2 is 1.82 bits per heavy atom. The summed E-state index contributed by atoms with van der Waals surface area (Å²) in [6.07, 6.45) is 1.56. The lowest BCUT2D eigenvalue weighted by Gasteiger charge is -2.35. The predicted molar refractivity (Wildman–Crippen MR) is 135 cm³/mol. The molecule has 1 aliphatic heterocycles. The van der Waals surface area contributed by atoms with Crippen LogP contribution >= 0.6 is 23.4 Å². The molecular weight excluding hydrogens is 498 g/mol. The second-order valence-electron chi connectivity index (χ2n) is 8.70. The Labute approximate surface area is 210 Å². The molecule has 2 heterocycles. The van der Waals surface area contributed by atoms with Gasteiger partial charge in [-0.05, 0) is 45.0 Å². The van der Waals surface area contributed by atoms with Gasteiger partial charge >= 0.3 is 0 Å². The Morgan fingerprint density at radius 1 is 1.15 bits per heavy atom. The van der Waals surface area contributed by atoms with Gasteiger partial charge in [0.15, 0.2) is 0 Å². The average Bonchev–Trinajstić information content (AvgIpc) is 2.81. The van der Waals surface area contributed by atoms with Crippen LogP contribution in [0.4, 0.5) is 5.82 Å². The quantitative estimate of drug-likeness (QED) is 0.381. The summed E-state index contributed by atoms with van der Waals surface area (Å²) in [6, 6.07) is 12.0. The van der Waals surface area contributed by atoms with Crippen LogP contribution in [-0.2, 0) is 19.8 Å². The molecule has 1 aliphatic rings. The molecule has 2 aromatic rings. The Hall–Kier alpha value is -1.89. The number of piperazine rings is 1. The monoisotopic (exact) mass is 527 g/mol. The van der Waals surface area contributed by atoms with E-state index in [0.29, 0.717) is 18.1 Å². The Balaban J connectivity index is 1.64. The highest BCUT2D eigenvalue weighted by Gasteiger charge is 2.32. The summed E-state index contributed by atoms with van der Waals surface area (Å²) in [5.41, 5.74) is 1.78. The van der Waals surface area contributed by atoms with E-state index in [-0.39, 0.29) is 18.8 Å². The minimum atomic E-state index is -3.91. The van der Waals surface area contributed by atoms with E-state index in [2.05, 4.69) is 15.2 Å². The molecule has 1 atom stereocenters. The average molecular weight is 528 g/mol. The molecule has 1 aromatic heterocycles. The summed E-state index contributed by atoms with van der Waals surface area (Å²) in [4.78, 5) is 25.4. The zero-order chi connectivity index (χ0) is 24.8. The lowest BCUT2D eigenvalue weighted by atomic mass is 10.2. The lowest BCUT2D eigenvalue weighted by molar-refractivity contribution is -0.146. The molecule has 0 unspecified atom stereocenters. The van der Waals surface area contributed by atoms with Crippen molar-refractivity contribution in [2.24, 2.45) is 0 Å². The number of carbonyl (C=O) groups is 1. The first-order valence-corrected chi connectivity index (χ1v) is 13.6. The fourth-order valence-corrected chi connectivity index (χ4v) is 5.60. The van der Waals surface area contributed by atoms with E-state index in [9.17, 15) is 13.2 Å². The molecule has 0 radical (unpaired) electrons. The van der Waals surface area contributed by atoms with Crippen molar-refractivity contribution in [3.05, 3.63) is 53.7 Å². The van der Waals surface area contributed by atoms with Crippen LogP contribution in [0.15, 0.2) is 53.6 Å². The standard InChI is InChI=1S/C22H30ClN5O4S2/c1-22(2,3)32-25-21(29)19(16-33-18-7-5-4-6-8-18)26-34(30,31)28-13-11-27(12-14-28)20-10-9-17(23)15-24-20/h4-10,15,19,26H,11-14,16H2,1-3H3,(H,25,29)/t19-/m0/s1. The maximum Gasteiger partial charge on any atom is 0.280 e. The van der Waals surface area contributed by atoms with Crippen LogP contribution in [0.5, 0.6) is 0 Å². The van der Waals surface area contributed by atoms with Crippen LogP contribution in [-0.4, -0.2) is 67.2 Å². The van der Waals surface area contributed by atoms with E-state index in [1.165, 1.54) is 16.1 Å². The second-order valence-corrected chi connectivity index (χ2v) is 11.9.